The number of ether oxygens (including phenoxy) is 1. The first-order chi connectivity index (χ1) is 21.3. The van der Waals surface area contributed by atoms with Gasteiger partial charge < -0.3 is 4.74 Å². The molecule has 43 heavy (non-hydrogen) atoms. The van der Waals surface area contributed by atoms with Gasteiger partial charge in [-0.1, -0.05) is 91.0 Å². The van der Waals surface area contributed by atoms with Crippen LogP contribution in [0.3, 0.4) is 0 Å². The summed E-state index contributed by atoms with van der Waals surface area (Å²) >= 11 is 3.78. The second kappa shape index (κ2) is 8.78. The summed E-state index contributed by atoms with van der Waals surface area (Å²) in [7, 11) is 0. The van der Waals surface area contributed by atoms with Gasteiger partial charge in [-0.05, 0) is 75.7 Å². The molecule has 0 fully saturated rings. The SMILES string of the molecule is c1ccc2c(c1)Oc1cccc3cc(-c4ccc5c(c4)sc4cc(-c6cccc7c6sc6ccccc67)ccc45)cc-2c13. The minimum absolute atomic E-state index is 0.918. The van der Waals surface area contributed by atoms with E-state index in [9.17, 15) is 0 Å². The molecule has 0 saturated heterocycles. The first kappa shape index (κ1) is 23.6. The first-order valence-electron chi connectivity index (χ1n) is 14.5. The minimum Gasteiger partial charge on any atom is -0.456 e. The molecule has 0 spiro atoms. The third-order valence-electron chi connectivity index (χ3n) is 8.86. The molecular formula is C40H22OS2. The summed E-state index contributed by atoms with van der Waals surface area (Å²) in [5, 5.41) is 7.72. The van der Waals surface area contributed by atoms with Crippen molar-refractivity contribution in [3.8, 4) is 44.9 Å². The van der Waals surface area contributed by atoms with Crippen LogP contribution in [-0.2, 0) is 0 Å². The molecule has 3 heterocycles. The van der Waals surface area contributed by atoms with Crippen molar-refractivity contribution in [1.82, 2.24) is 0 Å². The largest absolute Gasteiger partial charge is 0.456 e. The molecule has 0 saturated carbocycles. The van der Waals surface area contributed by atoms with Crippen LogP contribution in [0.4, 0.5) is 0 Å². The van der Waals surface area contributed by atoms with Crippen molar-refractivity contribution < 1.29 is 4.74 Å². The molecule has 0 amide bonds. The fourth-order valence-corrected chi connectivity index (χ4v) is 9.28. The number of rotatable bonds is 2. The second-order valence-electron chi connectivity index (χ2n) is 11.3. The topological polar surface area (TPSA) is 9.23 Å². The molecular weight excluding hydrogens is 561 g/mol. The van der Waals surface area contributed by atoms with Crippen molar-refractivity contribution in [3.05, 3.63) is 133 Å². The normalized spacial score (nSPS) is 12.4. The Balaban J connectivity index is 1.12. The smallest absolute Gasteiger partial charge is 0.135 e. The third kappa shape index (κ3) is 3.44. The van der Waals surface area contributed by atoms with Crippen molar-refractivity contribution in [2.45, 2.75) is 0 Å². The van der Waals surface area contributed by atoms with Gasteiger partial charge in [0.25, 0.3) is 0 Å². The van der Waals surface area contributed by atoms with E-state index in [-0.39, 0.29) is 0 Å². The Morgan fingerprint density at radius 1 is 0.395 bits per heavy atom. The number of thiophene rings is 2. The summed E-state index contributed by atoms with van der Waals surface area (Å²) in [4.78, 5) is 0. The Morgan fingerprint density at radius 3 is 2.02 bits per heavy atom. The molecule has 1 aliphatic heterocycles. The summed E-state index contributed by atoms with van der Waals surface area (Å²) in [6.07, 6.45) is 0. The van der Waals surface area contributed by atoms with Gasteiger partial charge in [0.1, 0.15) is 11.5 Å². The number of para-hydroxylation sites is 1. The highest BCUT2D eigenvalue weighted by Crippen LogP contribution is 2.48. The summed E-state index contributed by atoms with van der Waals surface area (Å²) in [6, 6.07) is 48.8. The molecule has 2 aromatic heterocycles. The molecule has 3 heteroatoms. The van der Waals surface area contributed by atoms with Crippen molar-refractivity contribution in [2.24, 2.45) is 0 Å². The lowest BCUT2D eigenvalue weighted by Gasteiger charge is -2.22. The molecule has 9 aromatic rings. The average molecular weight is 583 g/mol. The lowest BCUT2D eigenvalue weighted by Crippen LogP contribution is -1.97. The number of hydrogen-bond donors (Lipinski definition) is 0. The lowest BCUT2D eigenvalue weighted by molar-refractivity contribution is 0.487. The van der Waals surface area contributed by atoms with Gasteiger partial charge >= 0.3 is 0 Å². The Bertz CT molecular complexity index is 2600. The van der Waals surface area contributed by atoms with Crippen LogP contribution < -0.4 is 4.74 Å². The maximum Gasteiger partial charge on any atom is 0.135 e. The Hall–Kier alpha value is -4.96. The molecule has 7 aromatic carbocycles. The van der Waals surface area contributed by atoms with Gasteiger partial charge in [-0.2, -0.15) is 0 Å². The van der Waals surface area contributed by atoms with E-state index in [1.54, 1.807) is 0 Å². The van der Waals surface area contributed by atoms with Gasteiger partial charge in [-0.15, -0.1) is 22.7 Å². The minimum atomic E-state index is 0.918. The zero-order chi connectivity index (χ0) is 28.1. The van der Waals surface area contributed by atoms with Crippen LogP contribution in [-0.4, -0.2) is 0 Å². The fourth-order valence-electron chi connectivity index (χ4n) is 6.85. The summed E-state index contributed by atoms with van der Waals surface area (Å²) in [5.41, 5.74) is 7.45. The van der Waals surface area contributed by atoms with Gasteiger partial charge in [-0.25, -0.2) is 0 Å². The zero-order valence-corrected chi connectivity index (χ0v) is 24.6. The Kier molecular flexibility index (Phi) is 4.81. The zero-order valence-electron chi connectivity index (χ0n) is 22.9. The molecule has 0 atom stereocenters. The van der Waals surface area contributed by atoms with Gasteiger partial charge in [0.05, 0.1) is 0 Å². The molecule has 0 radical (unpaired) electrons. The lowest BCUT2D eigenvalue weighted by atomic mass is 9.90. The van der Waals surface area contributed by atoms with E-state index in [0.29, 0.717) is 0 Å². The number of benzene rings is 7. The molecule has 0 N–H and O–H groups in total. The predicted octanol–water partition coefficient (Wildman–Crippen LogP) is 12.7. The van der Waals surface area contributed by atoms with Crippen molar-refractivity contribution in [2.75, 3.05) is 0 Å². The van der Waals surface area contributed by atoms with Crippen LogP contribution in [0.25, 0.3) is 84.5 Å². The van der Waals surface area contributed by atoms with Gasteiger partial charge in [0.15, 0.2) is 0 Å². The molecule has 0 bridgehead atoms. The van der Waals surface area contributed by atoms with E-state index in [1.807, 2.05) is 28.7 Å². The van der Waals surface area contributed by atoms with Gasteiger partial charge in [0, 0.05) is 51.3 Å². The summed E-state index contributed by atoms with van der Waals surface area (Å²) in [6.45, 7) is 0. The molecule has 200 valence electrons. The van der Waals surface area contributed by atoms with E-state index in [4.69, 9.17) is 4.74 Å². The number of hydrogen-bond acceptors (Lipinski definition) is 3. The Morgan fingerprint density at radius 2 is 1.09 bits per heavy atom. The predicted molar refractivity (Wildman–Crippen MR) is 186 cm³/mol. The monoisotopic (exact) mass is 582 g/mol. The molecule has 1 aliphatic rings. The molecule has 0 aliphatic carbocycles. The average Bonchev–Trinajstić information content (AvgIpc) is 3.62. The van der Waals surface area contributed by atoms with Crippen molar-refractivity contribution >= 4 is 73.8 Å². The second-order valence-corrected chi connectivity index (χ2v) is 13.4. The maximum absolute atomic E-state index is 6.27. The first-order valence-corrected chi connectivity index (χ1v) is 16.1. The number of fused-ring (bicyclic) bond motifs is 8. The van der Waals surface area contributed by atoms with Crippen molar-refractivity contribution in [1.29, 1.82) is 0 Å². The van der Waals surface area contributed by atoms with E-state index in [0.717, 1.165) is 17.1 Å². The summed E-state index contributed by atoms with van der Waals surface area (Å²) < 4.78 is 11.6. The summed E-state index contributed by atoms with van der Waals surface area (Å²) in [5.74, 6) is 1.85. The van der Waals surface area contributed by atoms with Gasteiger partial charge in [-0.3, -0.25) is 0 Å². The van der Waals surface area contributed by atoms with E-state index < -0.39 is 0 Å². The fraction of sp³-hybridized carbons (Fsp3) is 0. The quantitative estimate of drug-likeness (QED) is 0.197. The van der Waals surface area contributed by atoms with Crippen LogP contribution in [0.5, 0.6) is 11.5 Å². The Labute approximate surface area is 255 Å². The van der Waals surface area contributed by atoms with Crippen molar-refractivity contribution in [3.63, 3.8) is 0 Å². The maximum atomic E-state index is 6.27. The highest BCUT2D eigenvalue weighted by Gasteiger charge is 2.21. The molecule has 0 unspecified atom stereocenters. The van der Waals surface area contributed by atoms with Crippen LogP contribution in [0.2, 0.25) is 0 Å². The highest BCUT2D eigenvalue weighted by atomic mass is 32.1. The molecule has 1 nitrogen and oxygen atoms in total. The van der Waals surface area contributed by atoms with Crippen LogP contribution in [0.1, 0.15) is 0 Å². The van der Waals surface area contributed by atoms with Crippen LogP contribution >= 0.6 is 22.7 Å². The van der Waals surface area contributed by atoms with E-state index >= 15 is 0 Å². The van der Waals surface area contributed by atoms with E-state index in [2.05, 4.69) is 127 Å². The highest BCUT2D eigenvalue weighted by molar-refractivity contribution is 7.26. The van der Waals surface area contributed by atoms with Crippen LogP contribution in [0.15, 0.2) is 133 Å². The van der Waals surface area contributed by atoms with Gasteiger partial charge in [0.2, 0.25) is 0 Å². The standard InChI is InChI=1S/C40H22OS2/c1-3-12-34-28(8-1)33-20-26(19-25-7-5-13-35(41-34)39(25)33)23-15-17-30-31-18-16-24(22-38(31)42-37(30)21-23)27-10-6-11-32-29-9-2-4-14-36(29)43-40(27)32/h1-22H. The van der Waals surface area contributed by atoms with E-state index in [1.165, 1.54) is 78.9 Å². The third-order valence-corrected chi connectivity index (χ3v) is 11.2. The molecule has 10 rings (SSSR count). The van der Waals surface area contributed by atoms with Crippen LogP contribution in [0, 0.1) is 0 Å².